The van der Waals surface area contributed by atoms with Crippen molar-refractivity contribution in [3.63, 3.8) is 0 Å². The summed E-state index contributed by atoms with van der Waals surface area (Å²) >= 11 is 0. The maximum Gasteiger partial charge on any atom is 0.290 e. The molecular weight excluding hydrogens is 384 g/mol. The summed E-state index contributed by atoms with van der Waals surface area (Å²) in [7, 11) is 0. The van der Waals surface area contributed by atoms with Gasteiger partial charge in [0.05, 0.1) is 48.9 Å². The van der Waals surface area contributed by atoms with Crippen molar-refractivity contribution < 1.29 is 34.4 Å². The maximum atomic E-state index is 12.5. The molecular formula is C18H28N4O7. The summed E-state index contributed by atoms with van der Waals surface area (Å²) in [4.78, 5) is 41.1. The van der Waals surface area contributed by atoms with Gasteiger partial charge in [-0.2, -0.15) is 0 Å². The first-order valence-electron chi connectivity index (χ1n) is 9.16. The van der Waals surface area contributed by atoms with Crippen molar-refractivity contribution in [2.75, 3.05) is 26.4 Å². The van der Waals surface area contributed by atoms with E-state index < -0.39 is 12.1 Å². The van der Waals surface area contributed by atoms with Crippen LogP contribution in [0.3, 0.4) is 0 Å². The maximum absolute atomic E-state index is 12.5. The molecule has 1 saturated carbocycles. The van der Waals surface area contributed by atoms with E-state index in [1.165, 1.54) is 6.33 Å². The molecule has 1 aliphatic carbocycles. The molecule has 11 heteroatoms. The van der Waals surface area contributed by atoms with Crippen molar-refractivity contribution in [3.05, 3.63) is 23.3 Å². The van der Waals surface area contributed by atoms with Crippen LogP contribution in [0.5, 0.6) is 0 Å². The van der Waals surface area contributed by atoms with E-state index in [0.29, 0.717) is 36.5 Å². The first-order chi connectivity index (χ1) is 13.8. The zero-order valence-electron chi connectivity index (χ0n) is 16.5. The second-order valence-corrected chi connectivity index (χ2v) is 6.47. The summed E-state index contributed by atoms with van der Waals surface area (Å²) in [6.45, 7) is 4.02. The van der Waals surface area contributed by atoms with Crippen molar-refractivity contribution >= 4 is 18.3 Å². The van der Waals surface area contributed by atoms with Crippen LogP contribution in [0.4, 0.5) is 0 Å². The Morgan fingerprint density at radius 1 is 1.24 bits per heavy atom. The Labute approximate surface area is 168 Å². The number of hydrogen-bond acceptors (Lipinski definition) is 8. The molecule has 29 heavy (non-hydrogen) atoms. The van der Waals surface area contributed by atoms with Crippen LogP contribution in [0.2, 0.25) is 0 Å². The van der Waals surface area contributed by atoms with Crippen molar-refractivity contribution in [2.24, 2.45) is 5.92 Å². The molecule has 3 atom stereocenters. The lowest BCUT2D eigenvalue weighted by Crippen LogP contribution is -2.40. The summed E-state index contributed by atoms with van der Waals surface area (Å²) in [5.74, 6) is -0.894. The van der Waals surface area contributed by atoms with Crippen molar-refractivity contribution in [1.29, 1.82) is 0 Å². The number of carboxylic acid groups (broad SMARTS) is 1. The van der Waals surface area contributed by atoms with Crippen LogP contribution in [0.25, 0.3) is 0 Å². The number of aliphatic hydroxyl groups is 2. The van der Waals surface area contributed by atoms with E-state index in [9.17, 15) is 14.7 Å². The Kier molecular flexibility index (Phi) is 10.7. The van der Waals surface area contributed by atoms with Crippen LogP contribution in [0.15, 0.2) is 6.33 Å². The van der Waals surface area contributed by atoms with Gasteiger partial charge in [-0.05, 0) is 26.7 Å². The molecule has 1 aliphatic rings. The molecule has 0 radical (unpaired) electrons. The average Bonchev–Trinajstić information content (AvgIpc) is 3.02. The first kappa shape index (κ1) is 24.4. The van der Waals surface area contributed by atoms with Gasteiger partial charge < -0.3 is 30.7 Å². The summed E-state index contributed by atoms with van der Waals surface area (Å²) < 4.78 is 5.08. The van der Waals surface area contributed by atoms with Crippen LogP contribution in [0.1, 0.15) is 34.6 Å². The van der Waals surface area contributed by atoms with E-state index in [4.69, 9.17) is 19.7 Å². The predicted molar refractivity (Wildman–Crippen MR) is 101 cm³/mol. The normalized spacial score (nSPS) is 20.3. The number of nitrogens with zero attached hydrogens (tertiary/aromatic N) is 2. The molecule has 0 spiro atoms. The minimum atomic E-state index is -0.786. The lowest BCUT2D eigenvalue weighted by Gasteiger charge is -2.17. The second-order valence-electron chi connectivity index (χ2n) is 6.47. The minimum absolute atomic E-state index is 0.0600. The molecule has 162 valence electrons. The van der Waals surface area contributed by atoms with Gasteiger partial charge in [0.25, 0.3) is 12.4 Å². The van der Waals surface area contributed by atoms with E-state index in [1.807, 2.05) is 0 Å². The van der Waals surface area contributed by atoms with E-state index in [0.717, 1.165) is 0 Å². The van der Waals surface area contributed by atoms with Gasteiger partial charge in [0.2, 0.25) is 5.91 Å². The van der Waals surface area contributed by atoms with Crippen molar-refractivity contribution in [2.45, 2.75) is 38.8 Å². The fourth-order valence-corrected chi connectivity index (χ4v) is 3.10. The molecule has 1 fully saturated rings. The highest BCUT2D eigenvalue weighted by atomic mass is 16.5. The molecule has 0 aromatic carbocycles. The number of rotatable bonds is 8. The van der Waals surface area contributed by atoms with E-state index >= 15 is 0 Å². The third-order valence-corrected chi connectivity index (χ3v) is 4.45. The number of amides is 2. The topological polar surface area (TPSA) is 171 Å². The molecule has 0 saturated heterocycles. The number of aliphatic hydroxyl groups excluding tert-OH is 2. The Hall–Kier alpha value is -2.63. The molecule has 0 aliphatic heterocycles. The standard InChI is InChI=1S/C17H26N4O5.CH2O2/c1-10-15(11(2)20-9-19-10)17(25)21-13-7-12(8-14(13)23)16(24)18-3-5-26-6-4-22;2-1-3/h9,12-14,22-23H,3-8H2,1-2H3,(H,18,24)(H,21,25);1H,(H,2,3)/t12-,13+,14+;/m0./s1. The van der Waals surface area contributed by atoms with E-state index in [-0.39, 0.29) is 43.8 Å². The van der Waals surface area contributed by atoms with Crippen LogP contribution in [0, 0.1) is 19.8 Å². The lowest BCUT2D eigenvalue weighted by molar-refractivity contribution is -0.125. The fourth-order valence-electron chi connectivity index (χ4n) is 3.10. The number of aryl methyl sites for hydroxylation is 2. The van der Waals surface area contributed by atoms with E-state index in [1.54, 1.807) is 13.8 Å². The molecule has 0 bridgehead atoms. The van der Waals surface area contributed by atoms with Gasteiger partial charge in [-0.3, -0.25) is 14.4 Å². The van der Waals surface area contributed by atoms with Crippen LogP contribution >= 0.6 is 0 Å². The Morgan fingerprint density at radius 3 is 2.45 bits per heavy atom. The Balaban J connectivity index is 0.00000132. The quantitative estimate of drug-likeness (QED) is 0.259. The smallest absolute Gasteiger partial charge is 0.290 e. The summed E-state index contributed by atoms with van der Waals surface area (Å²) in [5.41, 5.74) is 1.54. The highest BCUT2D eigenvalue weighted by Gasteiger charge is 2.38. The molecule has 5 N–H and O–H groups in total. The largest absolute Gasteiger partial charge is 0.483 e. The first-order valence-corrected chi connectivity index (χ1v) is 9.16. The monoisotopic (exact) mass is 412 g/mol. The van der Waals surface area contributed by atoms with Gasteiger partial charge in [0, 0.05) is 12.5 Å². The van der Waals surface area contributed by atoms with E-state index in [2.05, 4.69) is 20.6 Å². The Morgan fingerprint density at radius 2 is 1.86 bits per heavy atom. The number of nitrogens with one attached hydrogen (secondary N) is 2. The van der Waals surface area contributed by atoms with Gasteiger partial charge in [0.15, 0.2) is 0 Å². The van der Waals surface area contributed by atoms with Crippen LogP contribution < -0.4 is 10.6 Å². The van der Waals surface area contributed by atoms with Crippen LogP contribution in [-0.2, 0) is 14.3 Å². The van der Waals surface area contributed by atoms with Gasteiger partial charge in [0.1, 0.15) is 6.33 Å². The van der Waals surface area contributed by atoms with Gasteiger partial charge >= 0.3 is 0 Å². The molecule has 2 amide bonds. The average molecular weight is 412 g/mol. The minimum Gasteiger partial charge on any atom is -0.483 e. The van der Waals surface area contributed by atoms with Crippen molar-refractivity contribution in [3.8, 4) is 0 Å². The molecule has 0 unspecified atom stereocenters. The van der Waals surface area contributed by atoms with Crippen LogP contribution in [-0.4, -0.2) is 82.1 Å². The third kappa shape index (κ3) is 7.72. The molecule has 2 rings (SSSR count). The summed E-state index contributed by atoms with van der Waals surface area (Å²) in [6, 6.07) is -0.497. The lowest BCUT2D eigenvalue weighted by atomic mass is 10.1. The zero-order chi connectivity index (χ0) is 21.8. The molecule has 1 aromatic heterocycles. The molecule has 1 heterocycles. The van der Waals surface area contributed by atoms with Gasteiger partial charge in [-0.15, -0.1) is 0 Å². The second kappa shape index (κ2) is 12.8. The number of carbonyl (C=O) groups excluding carboxylic acids is 2. The fraction of sp³-hybridized carbons (Fsp3) is 0.611. The van der Waals surface area contributed by atoms with Gasteiger partial charge in [-0.25, -0.2) is 9.97 Å². The number of carbonyl (C=O) groups is 3. The molecule has 11 nitrogen and oxygen atoms in total. The number of aromatic nitrogens is 2. The van der Waals surface area contributed by atoms with Gasteiger partial charge in [-0.1, -0.05) is 0 Å². The number of ether oxygens (including phenoxy) is 1. The number of hydrogen-bond donors (Lipinski definition) is 5. The highest BCUT2D eigenvalue weighted by molar-refractivity contribution is 5.96. The summed E-state index contributed by atoms with van der Waals surface area (Å²) in [6.07, 6.45) is 1.27. The Bertz CT molecular complexity index is 666. The van der Waals surface area contributed by atoms with Crippen molar-refractivity contribution in [1.82, 2.24) is 20.6 Å². The SMILES string of the molecule is Cc1ncnc(C)c1C(=O)N[C@@H]1C[C@H](C(=O)NCCOCCO)C[C@H]1O.O=CO. The predicted octanol–water partition coefficient (Wildman–Crippen LogP) is -1.21. The molecule has 1 aromatic rings. The third-order valence-electron chi connectivity index (χ3n) is 4.45. The summed E-state index contributed by atoms with van der Waals surface area (Å²) in [5, 5.41) is 31.2. The highest BCUT2D eigenvalue weighted by Crippen LogP contribution is 2.26. The zero-order valence-corrected chi connectivity index (χ0v) is 16.5.